The van der Waals surface area contributed by atoms with Crippen molar-refractivity contribution in [1.82, 2.24) is 0 Å². The summed E-state index contributed by atoms with van der Waals surface area (Å²) in [4.78, 5) is 11.5. The van der Waals surface area contributed by atoms with Crippen LogP contribution in [0.5, 0.6) is 5.75 Å². The molecule has 1 rings (SSSR count). The van der Waals surface area contributed by atoms with Gasteiger partial charge >= 0.3 is 0 Å². The molecule has 0 aromatic heterocycles. The lowest BCUT2D eigenvalue weighted by molar-refractivity contribution is -0.121. The summed E-state index contributed by atoms with van der Waals surface area (Å²) >= 11 is 5.83. The van der Waals surface area contributed by atoms with E-state index in [0.29, 0.717) is 17.4 Å². The number of carbonyl (C=O) groups excluding carboxylic acids is 1. The summed E-state index contributed by atoms with van der Waals surface area (Å²) in [6, 6.07) is 5.38. The van der Waals surface area contributed by atoms with E-state index in [4.69, 9.17) is 16.3 Å². The molecule has 2 nitrogen and oxygen atoms in total. The standard InChI is InChI=1S/C13H17ClO2/c1-9(2)6-12(15)8-16-13-5-4-11(14)7-10(13)3/h4-5,7,9H,6,8H2,1-3H3. The van der Waals surface area contributed by atoms with Crippen molar-refractivity contribution < 1.29 is 9.53 Å². The molecule has 0 amide bonds. The van der Waals surface area contributed by atoms with Crippen LogP contribution in [0.1, 0.15) is 25.8 Å². The summed E-state index contributed by atoms with van der Waals surface area (Å²) < 4.78 is 5.45. The van der Waals surface area contributed by atoms with E-state index in [2.05, 4.69) is 0 Å². The lowest BCUT2D eigenvalue weighted by Crippen LogP contribution is -2.13. The summed E-state index contributed by atoms with van der Waals surface area (Å²) in [6.45, 7) is 6.09. The SMILES string of the molecule is Cc1cc(Cl)ccc1OCC(=O)CC(C)C. The van der Waals surface area contributed by atoms with Crippen LogP contribution < -0.4 is 4.74 Å². The molecule has 0 aliphatic carbocycles. The monoisotopic (exact) mass is 240 g/mol. The number of Topliss-reactive ketones (excluding diaryl/α,β-unsaturated/α-hetero) is 1. The molecule has 1 aromatic rings. The number of hydrogen-bond acceptors (Lipinski definition) is 2. The third kappa shape index (κ3) is 4.23. The summed E-state index contributed by atoms with van der Waals surface area (Å²) in [5.74, 6) is 1.23. The quantitative estimate of drug-likeness (QED) is 0.786. The first-order valence-electron chi connectivity index (χ1n) is 5.39. The lowest BCUT2D eigenvalue weighted by atomic mass is 10.1. The van der Waals surface area contributed by atoms with Crippen molar-refractivity contribution in [1.29, 1.82) is 0 Å². The Bertz CT molecular complexity index is 372. The Hall–Kier alpha value is -1.02. The van der Waals surface area contributed by atoms with E-state index in [1.807, 2.05) is 26.8 Å². The fourth-order valence-electron chi connectivity index (χ4n) is 1.45. The van der Waals surface area contributed by atoms with E-state index in [0.717, 1.165) is 11.3 Å². The average Bonchev–Trinajstić information content (AvgIpc) is 2.15. The smallest absolute Gasteiger partial charge is 0.170 e. The van der Waals surface area contributed by atoms with Gasteiger partial charge in [-0.25, -0.2) is 0 Å². The van der Waals surface area contributed by atoms with Gasteiger partial charge in [0.05, 0.1) is 0 Å². The molecule has 0 saturated heterocycles. The highest BCUT2D eigenvalue weighted by atomic mass is 35.5. The van der Waals surface area contributed by atoms with Crippen LogP contribution in [0.3, 0.4) is 0 Å². The van der Waals surface area contributed by atoms with E-state index in [9.17, 15) is 4.79 Å². The highest BCUT2D eigenvalue weighted by Crippen LogP contribution is 2.21. The van der Waals surface area contributed by atoms with Crippen LogP contribution in [0.25, 0.3) is 0 Å². The minimum Gasteiger partial charge on any atom is -0.486 e. The number of ether oxygens (including phenoxy) is 1. The lowest BCUT2D eigenvalue weighted by Gasteiger charge is -2.09. The molecule has 0 unspecified atom stereocenters. The van der Waals surface area contributed by atoms with Crippen molar-refractivity contribution >= 4 is 17.4 Å². The predicted molar refractivity (Wildman–Crippen MR) is 66.1 cm³/mol. The van der Waals surface area contributed by atoms with Crippen molar-refractivity contribution in [3.8, 4) is 5.75 Å². The summed E-state index contributed by atoms with van der Waals surface area (Å²) in [5.41, 5.74) is 0.949. The molecule has 16 heavy (non-hydrogen) atoms. The van der Waals surface area contributed by atoms with Crippen LogP contribution in [0.15, 0.2) is 18.2 Å². The van der Waals surface area contributed by atoms with Gasteiger partial charge in [-0.05, 0) is 36.6 Å². The Morgan fingerprint density at radius 3 is 2.69 bits per heavy atom. The van der Waals surface area contributed by atoms with Crippen molar-refractivity contribution in [2.24, 2.45) is 5.92 Å². The molecule has 0 atom stereocenters. The van der Waals surface area contributed by atoms with Gasteiger partial charge in [0, 0.05) is 11.4 Å². The normalized spacial score (nSPS) is 10.6. The van der Waals surface area contributed by atoms with Gasteiger partial charge in [0.25, 0.3) is 0 Å². The summed E-state index contributed by atoms with van der Waals surface area (Å²) in [6.07, 6.45) is 0.562. The van der Waals surface area contributed by atoms with Crippen molar-refractivity contribution in [3.63, 3.8) is 0 Å². The molecule has 0 aliphatic rings. The van der Waals surface area contributed by atoms with Gasteiger partial charge in [0.2, 0.25) is 0 Å². The third-order valence-electron chi connectivity index (χ3n) is 2.16. The molecule has 0 fully saturated rings. The van der Waals surface area contributed by atoms with Gasteiger partial charge in [-0.1, -0.05) is 25.4 Å². The zero-order chi connectivity index (χ0) is 12.1. The predicted octanol–water partition coefficient (Wildman–Crippen LogP) is 3.64. The number of aryl methyl sites for hydroxylation is 1. The van der Waals surface area contributed by atoms with Gasteiger partial charge in [-0.2, -0.15) is 0 Å². The molecule has 0 radical (unpaired) electrons. The second-order valence-corrected chi connectivity index (χ2v) is 4.77. The Balaban J connectivity index is 2.51. The molecule has 0 saturated carbocycles. The second-order valence-electron chi connectivity index (χ2n) is 4.34. The second kappa shape index (κ2) is 5.90. The van der Waals surface area contributed by atoms with Crippen molar-refractivity contribution in [3.05, 3.63) is 28.8 Å². The van der Waals surface area contributed by atoms with Gasteiger partial charge in [0.15, 0.2) is 5.78 Å². The minimum atomic E-state index is 0.129. The first-order valence-corrected chi connectivity index (χ1v) is 5.77. The molecular weight excluding hydrogens is 224 g/mol. The van der Waals surface area contributed by atoms with E-state index >= 15 is 0 Å². The average molecular weight is 241 g/mol. The minimum absolute atomic E-state index is 0.129. The van der Waals surface area contributed by atoms with E-state index in [-0.39, 0.29) is 12.4 Å². The fraction of sp³-hybridized carbons (Fsp3) is 0.462. The first-order chi connectivity index (χ1) is 7.49. The van der Waals surface area contributed by atoms with E-state index in [1.54, 1.807) is 12.1 Å². The highest BCUT2D eigenvalue weighted by Gasteiger charge is 2.07. The molecule has 0 spiro atoms. The molecule has 0 heterocycles. The summed E-state index contributed by atoms with van der Waals surface area (Å²) in [5, 5.41) is 0.679. The molecule has 88 valence electrons. The number of halogens is 1. The highest BCUT2D eigenvalue weighted by molar-refractivity contribution is 6.30. The van der Waals surface area contributed by atoms with Crippen molar-refractivity contribution in [2.75, 3.05) is 6.61 Å². The van der Waals surface area contributed by atoms with Crippen LogP contribution in [-0.2, 0) is 4.79 Å². The van der Waals surface area contributed by atoms with Crippen LogP contribution in [0, 0.1) is 12.8 Å². The zero-order valence-electron chi connectivity index (χ0n) is 9.92. The van der Waals surface area contributed by atoms with Gasteiger partial charge in [-0.3, -0.25) is 4.79 Å². The number of rotatable bonds is 5. The number of hydrogen-bond donors (Lipinski definition) is 0. The van der Waals surface area contributed by atoms with E-state index < -0.39 is 0 Å². The number of ketones is 1. The Labute approximate surface area is 102 Å². The maximum Gasteiger partial charge on any atom is 0.170 e. The summed E-state index contributed by atoms with van der Waals surface area (Å²) in [7, 11) is 0. The Kier molecular flexibility index (Phi) is 4.81. The maximum absolute atomic E-state index is 11.5. The van der Waals surface area contributed by atoms with Gasteiger partial charge in [-0.15, -0.1) is 0 Å². The molecule has 0 N–H and O–H groups in total. The molecule has 3 heteroatoms. The molecular formula is C13H17ClO2. The third-order valence-corrected chi connectivity index (χ3v) is 2.40. The van der Waals surface area contributed by atoms with Crippen LogP contribution >= 0.6 is 11.6 Å². The largest absolute Gasteiger partial charge is 0.486 e. The topological polar surface area (TPSA) is 26.3 Å². The first kappa shape index (κ1) is 13.0. The van der Waals surface area contributed by atoms with Gasteiger partial charge < -0.3 is 4.74 Å². The molecule has 1 aromatic carbocycles. The van der Waals surface area contributed by atoms with Crippen LogP contribution in [-0.4, -0.2) is 12.4 Å². The zero-order valence-corrected chi connectivity index (χ0v) is 10.7. The Morgan fingerprint density at radius 2 is 2.12 bits per heavy atom. The molecule has 0 bridgehead atoms. The Morgan fingerprint density at radius 1 is 1.44 bits per heavy atom. The number of benzene rings is 1. The van der Waals surface area contributed by atoms with Crippen molar-refractivity contribution in [2.45, 2.75) is 27.2 Å². The van der Waals surface area contributed by atoms with Crippen LogP contribution in [0.4, 0.5) is 0 Å². The van der Waals surface area contributed by atoms with Gasteiger partial charge in [0.1, 0.15) is 12.4 Å². The molecule has 0 aliphatic heterocycles. The maximum atomic E-state index is 11.5. The van der Waals surface area contributed by atoms with Crippen LogP contribution in [0.2, 0.25) is 5.02 Å². The fourth-order valence-corrected chi connectivity index (χ4v) is 1.67. The van der Waals surface area contributed by atoms with E-state index in [1.165, 1.54) is 0 Å². The number of carbonyl (C=O) groups is 1.